The number of ether oxygens (including phenoxy) is 1. The van der Waals surface area contributed by atoms with Gasteiger partial charge in [-0.1, -0.05) is 0 Å². The van der Waals surface area contributed by atoms with Gasteiger partial charge in [-0.25, -0.2) is 0 Å². The number of rotatable bonds is 8. The highest BCUT2D eigenvalue weighted by molar-refractivity contribution is 7.86. The van der Waals surface area contributed by atoms with Crippen molar-refractivity contribution in [3.8, 4) is 0 Å². The minimum absolute atomic E-state index is 0.123. The molecule has 0 heterocycles. The molecule has 9 heteroatoms. The van der Waals surface area contributed by atoms with Crippen molar-refractivity contribution < 1.29 is 29.9 Å². The Morgan fingerprint density at radius 2 is 1.12 bits per heavy atom. The summed E-state index contributed by atoms with van der Waals surface area (Å²) in [7, 11) is -7.00. The van der Waals surface area contributed by atoms with E-state index < -0.39 is 32.4 Å². The molecule has 0 aliphatic rings. The van der Waals surface area contributed by atoms with Gasteiger partial charge in [0.05, 0.1) is 37.9 Å². The highest BCUT2D eigenvalue weighted by Gasteiger charge is 2.13. The molecule has 0 spiro atoms. The summed E-state index contributed by atoms with van der Waals surface area (Å²) < 4.78 is 57.1. The van der Waals surface area contributed by atoms with Crippen LogP contribution in [0, 0.1) is 0 Å². The van der Waals surface area contributed by atoms with Gasteiger partial charge in [0.1, 0.15) is 0 Å². The van der Waals surface area contributed by atoms with Crippen molar-refractivity contribution >= 4 is 20.2 Å². The maximum absolute atomic E-state index is 10.7. The molecule has 0 radical (unpaired) electrons. The predicted octanol–water partition coefficient (Wildman–Crippen LogP) is -0.268. The Bertz CT molecular complexity index is 371. The average molecular weight is 290 g/mol. The fourth-order valence-corrected chi connectivity index (χ4v) is 1.79. The Labute approximate surface area is 102 Å². The summed E-state index contributed by atoms with van der Waals surface area (Å²) in [5, 5.41) is 0. The first-order valence-corrected chi connectivity index (χ1v) is 8.47. The summed E-state index contributed by atoms with van der Waals surface area (Å²) >= 11 is 0. The maximum atomic E-state index is 10.7. The lowest BCUT2D eigenvalue weighted by Gasteiger charge is -2.18. The van der Waals surface area contributed by atoms with Crippen LogP contribution in [0.2, 0.25) is 0 Å². The van der Waals surface area contributed by atoms with E-state index in [4.69, 9.17) is 4.74 Å². The van der Waals surface area contributed by atoms with Crippen LogP contribution in [-0.2, 0) is 33.3 Å². The van der Waals surface area contributed by atoms with Crippen molar-refractivity contribution in [3.63, 3.8) is 0 Å². The van der Waals surface area contributed by atoms with Crippen LogP contribution >= 0.6 is 0 Å². The van der Waals surface area contributed by atoms with Crippen LogP contribution in [0.4, 0.5) is 0 Å². The molecule has 0 rings (SSSR count). The van der Waals surface area contributed by atoms with Gasteiger partial charge >= 0.3 is 0 Å². The molecule has 0 aliphatic heterocycles. The first-order valence-electron chi connectivity index (χ1n) is 4.84. The van der Waals surface area contributed by atoms with Gasteiger partial charge < -0.3 is 4.74 Å². The lowest BCUT2D eigenvalue weighted by atomic mass is 10.4. The normalized spacial score (nSPS) is 16.7. The van der Waals surface area contributed by atoms with E-state index in [1.54, 1.807) is 13.8 Å². The monoisotopic (exact) mass is 290 g/mol. The molecule has 0 N–H and O–H groups in total. The Morgan fingerprint density at radius 1 is 0.824 bits per heavy atom. The van der Waals surface area contributed by atoms with E-state index in [-0.39, 0.29) is 13.2 Å². The molecular weight excluding hydrogens is 272 g/mol. The summed E-state index contributed by atoms with van der Waals surface area (Å²) in [4.78, 5) is 0. The van der Waals surface area contributed by atoms with Crippen LogP contribution < -0.4 is 0 Å². The standard InChI is InChI=1S/C8H18O7S2/c1-7(5-13-16(3,9)10)15-8(2)6-14-17(4,11)12/h7-8H,5-6H2,1-4H3/t7-,8+. The Kier molecular flexibility index (Phi) is 6.56. The quantitative estimate of drug-likeness (QED) is 0.568. The van der Waals surface area contributed by atoms with Crippen molar-refractivity contribution in [2.45, 2.75) is 26.1 Å². The molecule has 0 aromatic carbocycles. The highest BCUT2D eigenvalue weighted by Crippen LogP contribution is 2.02. The van der Waals surface area contributed by atoms with Crippen molar-refractivity contribution in [1.82, 2.24) is 0 Å². The zero-order valence-corrected chi connectivity index (χ0v) is 11.9. The smallest absolute Gasteiger partial charge is 0.264 e. The van der Waals surface area contributed by atoms with E-state index >= 15 is 0 Å². The molecule has 0 fully saturated rings. The molecule has 0 aliphatic carbocycles. The summed E-state index contributed by atoms with van der Waals surface area (Å²) in [5.41, 5.74) is 0. The van der Waals surface area contributed by atoms with Gasteiger partial charge in [0, 0.05) is 0 Å². The molecule has 0 aromatic rings. The molecule has 0 unspecified atom stereocenters. The Morgan fingerprint density at radius 3 is 1.35 bits per heavy atom. The van der Waals surface area contributed by atoms with E-state index in [1.165, 1.54) is 0 Å². The molecule has 0 bridgehead atoms. The molecule has 2 atom stereocenters. The second-order valence-electron chi connectivity index (χ2n) is 3.73. The van der Waals surface area contributed by atoms with Crippen LogP contribution in [0.15, 0.2) is 0 Å². The third kappa shape index (κ3) is 12.0. The van der Waals surface area contributed by atoms with Gasteiger partial charge in [0.25, 0.3) is 20.2 Å². The minimum atomic E-state index is -3.50. The zero-order chi connectivity index (χ0) is 13.7. The van der Waals surface area contributed by atoms with Gasteiger partial charge in [0.15, 0.2) is 0 Å². The predicted molar refractivity (Wildman–Crippen MR) is 61.6 cm³/mol. The molecule has 0 saturated heterocycles. The lowest BCUT2D eigenvalue weighted by Crippen LogP contribution is -2.27. The Hall–Kier alpha value is -0.220. The third-order valence-electron chi connectivity index (χ3n) is 1.50. The lowest BCUT2D eigenvalue weighted by molar-refractivity contribution is -0.0315. The topological polar surface area (TPSA) is 96.0 Å². The summed E-state index contributed by atoms with van der Waals surface area (Å²) in [6.07, 6.45) is 0.914. The second kappa shape index (κ2) is 6.64. The molecule has 104 valence electrons. The van der Waals surface area contributed by atoms with Crippen molar-refractivity contribution in [1.29, 1.82) is 0 Å². The van der Waals surface area contributed by atoms with Crippen LogP contribution in [0.1, 0.15) is 13.8 Å². The van der Waals surface area contributed by atoms with Gasteiger partial charge in [-0.15, -0.1) is 0 Å². The summed E-state index contributed by atoms with van der Waals surface area (Å²) in [5.74, 6) is 0. The fraction of sp³-hybridized carbons (Fsp3) is 1.00. The van der Waals surface area contributed by atoms with Gasteiger partial charge in [-0.05, 0) is 13.8 Å². The van der Waals surface area contributed by atoms with E-state index in [2.05, 4.69) is 8.37 Å². The zero-order valence-electron chi connectivity index (χ0n) is 10.2. The molecule has 0 saturated carbocycles. The summed E-state index contributed by atoms with van der Waals surface area (Å²) in [6.45, 7) is 2.98. The molecular formula is C8H18O7S2. The van der Waals surface area contributed by atoms with Gasteiger partial charge in [-0.3, -0.25) is 8.37 Å². The maximum Gasteiger partial charge on any atom is 0.264 e. The summed E-state index contributed by atoms with van der Waals surface area (Å²) in [6, 6.07) is 0. The Balaban J connectivity index is 3.92. The van der Waals surface area contributed by atoms with Crippen LogP contribution in [0.25, 0.3) is 0 Å². The number of hydrogen-bond acceptors (Lipinski definition) is 7. The molecule has 0 amide bonds. The molecule has 17 heavy (non-hydrogen) atoms. The second-order valence-corrected chi connectivity index (χ2v) is 7.02. The van der Waals surface area contributed by atoms with E-state index in [1.807, 2.05) is 0 Å². The average Bonchev–Trinajstić information content (AvgIpc) is 2.09. The van der Waals surface area contributed by atoms with E-state index in [0.717, 1.165) is 12.5 Å². The highest BCUT2D eigenvalue weighted by atomic mass is 32.2. The molecule has 0 aromatic heterocycles. The first kappa shape index (κ1) is 16.8. The van der Waals surface area contributed by atoms with E-state index in [9.17, 15) is 16.8 Å². The van der Waals surface area contributed by atoms with Crippen LogP contribution in [0.5, 0.6) is 0 Å². The largest absolute Gasteiger partial charge is 0.371 e. The minimum Gasteiger partial charge on any atom is -0.371 e. The first-order chi connectivity index (χ1) is 7.49. The van der Waals surface area contributed by atoms with Crippen LogP contribution in [-0.4, -0.2) is 54.8 Å². The third-order valence-corrected chi connectivity index (χ3v) is 2.63. The van der Waals surface area contributed by atoms with E-state index in [0.29, 0.717) is 0 Å². The number of hydrogen-bond donors (Lipinski definition) is 0. The van der Waals surface area contributed by atoms with Crippen molar-refractivity contribution in [2.75, 3.05) is 25.7 Å². The fourth-order valence-electron chi connectivity index (χ4n) is 0.914. The van der Waals surface area contributed by atoms with Crippen molar-refractivity contribution in [3.05, 3.63) is 0 Å². The van der Waals surface area contributed by atoms with Gasteiger partial charge in [0.2, 0.25) is 0 Å². The van der Waals surface area contributed by atoms with Crippen LogP contribution in [0.3, 0.4) is 0 Å². The van der Waals surface area contributed by atoms with Crippen molar-refractivity contribution in [2.24, 2.45) is 0 Å². The SMILES string of the molecule is C[C@H](COS(C)(=O)=O)O[C@@H](C)COS(C)(=O)=O. The molecule has 7 nitrogen and oxygen atoms in total. The van der Waals surface area contributed by atoms with Gasteiger partial charge in [-0.2, -0.15) is 16.8 Å².